The molecule has 0 aliphatic carbocycles. The predicted molar refractivity (Wildman–Crippen MR) is 78.4 cm³/mol. The molecule has 2 aliphatic rings. The second-order valence-corrected chi connectivity index (χ2v) is 6.65. The molecule has 2 aliphatic heterocycles. The monoisotopic (exact) mass is 262 g/mol. The maximum atomic E-state index is 4.58. The van der Waals surface area contributed by atoms with E-state index in [0.717, 1.165) is 24.6 Å². The molecule has 3 rings (SSSR count). The zero-order chi connectivity index (χ0) is 13.4. The molecule has 2 bridgehead atoms. The number of anilines is 1. The molecule has 0 spiro atoms. The Kier molecular flexibility index (Phi) is 3.52. The third kappa shape index (κ3) is 2.64. The van der Waals surface area contributed by atoms with Crippen molar-refractivity contribution in [3.05, 3.63) is 12.4 Å². The van der Waals surface area contributed by atoms with E-state index in [-0.39, 0.29) is 0 Å². The molecule has 4 nitrogen and oxygen atoms in total. The van der Waals surface area contributed by atoms with Crippen LogP contribution in [0.5, 0.6) is 0 Å². The van der Waals surface area contributed by atoms with Gasteiger partial charge >= 0.3 is 0 Å². The van der Waals surface area contributed by atoms with Crippen LogP contribution in [-0.4, -0.2) is 34.7 Å². The Balaban J connectivity index is 1.73. The van der Waals surface area contributed by atoms with Crippen molar-refractivity contribution in [2.24, 2.45) is 5.92 Å². The molecule has 1 aromatic heterocycles. The van der Waals surface area contributed by atoms with Crippen LogP contribution in [0.3, 0.4) is 0 Å². The molecule has 3 heterocycles. The maximum absolute atomic E-state index is 4.58. The van der Waals surface area contributed by atoms with Gasteiger partial charge in [-0.2, -0.15) is 0 Å². The summed E-state index contributed by atoms with van der Waals surface area (Å²) in [6.45, 7) is 5.57. The molecule has 2 fully saturated rings. The quantitative estimate of drug-likeness (QED) is 0.903. The Morgan fingerprint density at radius 3 is 2.68 bits per heavy atom. The highest BCUT2D eigenvalue weighted by Gasteiger charge is 2.35. The first-order valence-corrected chi connectivity index (χ1v) is 7.63. The average Bonchev–Trinajstić information content (AvgIpc) is 2.94. The molecule has 19 heavy (non-hydrogen) atoms. The fraction of sp³-hybridized carbons (Fsp3) is 0.800. The van der Waals surface area contributed by atoms with Crippen molar-refractivity contribution in [3.63, 3.8) is 0 Å². The lowest BCUT2D eigenvalue weighted by Gasteiger charge is -2.36. The van der Waals surface area contributed by atoms with Gasteiger partial charge in [-0.15, -0.1) is 0 Å². The summed E-state index contributed by atoms with van der Waals surface area (Å²) >= 11 is 0. The van der Waals surface area contributed by atoms with Crippen molar-refractivity contribution in [3.8, 4) is 0 Å². The van der Waals surface area contributed by atoms with Gasteiger partial charge < -0.3 is 14.8 Å². The number of piperidine rings is 1. The lowest BCUT2D eigenvalue weighted by molar-refractivity contribution is 0.350. The summed E-state index contributed by atoms with van der Waals surface area (Å²) < 4.78 is 2.30. The van der Waals surface area contributed by atoms with Crippen molar-refractivity contribution in [2.75, 3.05) is 11.9 Å². The number of imidazole rings is 1. The van der Waals surface area contributed by atoms with E-state index in [9.17, 15) is 0 Å². The van der Waals surface area contributed by atoms with Gasteiger partial charge in [0.05, 0.1) is 0 Å². The van der Waals surface area contributed by atoms with Gasteiger partial charge in [-0.25, -0.2) is 4.98 Å². The molecule has 1 aromatic rings. The van der Waals surface area contributed by atoms with Gasteiger partial charge in [0.25, 0.3) is 0 Å². The first kappa shape index (κ1) is 13.0. The second-order valence-electron chi connectivity index (χ2n) is 6.65. The molecule has 0 amide bonds. The molecular weight excluding hydrogens is 236 g/mol. The van der Waals surface area contributed by atoms with Crippen LogP contribution in [0.4, 0.5) is 5.95 Å². The summed E-state index contributed by atoms with van der Waals surface area (Å²) in [4.78, 5) is 6.99. The Hall–Kier alpha value is -1.03. The summed E-state index contributed by atoms with van der Waals surface area (Å²) in [6, 6.07) is 2.12. The highest BCUT2D eigenvalue weighted by molar-refractivity contribution is 5.32. The van der Waals surface area contributed by atoms with E-state index in [2.05, 4.69) is 46.9 Å². The van der Waals surface area contributed by atoms with Crippen LogP contribution >= 0.6 is 0 Å². The number of hydrogen-bond acceptors (Lipinski definition) is 3. The van der Waals surface area contributed by atoms with Crippen molar-refractivity contribution in [1.82, 2.24) is 14.9 Å². The number of nitrogens with one attached hydrogen (secondary N) is 1. The number of nitrogens with zero attached hydrogens (tertiary/aromatic N) is 3. The van der Waals surface area contributed by atoms with Crippen LogP contribution in [0.1, 0.15) is 39.5 Å². The van der Waals surface area contributed by atoms with Crippen molar-refractivity contribution >= 4 is 5.95 Å². The molecule has 1 N–H and O–H groups in total. The lowest BCUT2D eigenvalue weighted by Crippen LogP contribution is -2.47. The first-order valence-electron chi connectivity index (χ1n) is 7.63. The molecule has 0 radical (unpaired) electrons. The third-order valence-corrected chi connectivity index (χ3v) is 4.57. The normalized spacial score (nSPS) is 30.0. The van der Waals surface area contributed by atoms with E-state index in [1.807, 2.05) is 6.20 Å². The molecular formula is C15H26N4. The van der Waals surface area contributed by atoms with Gasteiger partial charge in [0.15, 0.2) is 0 Å². The van der Waals surface area contributed by atoms with E-state index in [4.69, 9.17) is 0 Å². The zero-order valence-electron chi connectivity index (χ0n) is 12.3. The molecule has 0 saturated carbocycles. The Morgan fingerprint density at radius 1 is 1.37 bits per heavy atom. The summed E-state index contributed by atoms with van der Waals surface area (Å²) in [5, 5.41) is 3.71. The van der Waals surface area contributed by atoms with Gasteiger partial charge in [-0.1, -0.05) is 13.8 Å². The summed E-state index contributed by atoms with van der Waals surface area (Å²) in [7, 11) is 2.22. The van der Waals surface area contributed by atoms with Crippen molar-refractivity contribution in [1.29, 1.82) is 0 Å². The van der Waals surface area contributed by atoms with Crippen LogP contribution < -0.4 is 10.2 Å². The second kappa shape index (κ2) is 5.16. The van der Waals surface area contributed by atoms with E-state index in [1.54, 1.807) is 0 Å². The first-order chi connectivity index (χ1) is 9.13. The van der Waals surface area contributed by atoms with Crippen LogP contribution in [-0.2, 0) is 6.54 Å². The van der Waals surface area contributed by atoms with E-state index in [1.165, 1.54) is 25.7 Å². The summed E-state index contributed by atoms with van der Waals surface area (Å²) in [6.07, 6.45) is 9.29. The third-order valence-electron chi connectivity index (χ3n) is 4.57. The topological polar surface area (TPSA) is 33.1 Å². The van der Waals surface area contributed by atoms with Gasteiger partial charge in [0.2, 0.25) is 5.95 Å². The smallest absolute Gasteiger partial charge is 0.205 e. The fourth-order valence-electron chi connectivity index (χ4n) is 3.66. The lowest BCUT2D eigenvalue weighted by atomic mass is 9.99. The molecule has 2 saturated heterocycles. The Bertz CT molecular complexity index is 414. The zero-order valence-corrected chi connectivity index (χ0v) is 12.3. The van der Waals surface area contributed by atoms with Gasteiger partial charge in [-0.3, -0.25) is 0 Å². The van der Waals surface area contributed by atoms with Crippen LogP contribution in [0.15, 0.2) is 12.4 Å². The fourth-order valence-corrected chi connectivity index (χ4v) is 3.66. The largest absolute Gasteiger partial charge is 0.342 e. The minimum Gasteiger partial charge on any atom is -0.342 e. The summed E-state index contributed by atoms with van der Waals surface area (Å²) in [5.41, 5.74) is 0. The predicted octanol–water partition coefficient (Wildman–Crippen LogP) is 2.26. The summed E-state index contributed by atoms with van der Waals surface area (Å²) in [5.74, 6) is 1.80. The van der Waals surface area contributed by atoms with Crippen LogP contribution in [0, 0.1) is 5.92 Å². The SMILES string of the molecule is CC(C)Cn1ccnc1N(C)C1CC2CCC(C1)N2. The standard InChI is InChI=1S/C15H26N4/c1-11(2)10-19-7-6-16-15(19)18(3)14-8-12-4-5-13(9-14)17-12/h6-7,11-14,17H,4-5,8-10H2,1-3H3. The number of fused-ring (bicyclic) bond motifs is 2. The Morgan fingerprint density at radius 2 is 2.05 bits per heavy atom. The minimum absolute atomic E-state index is 0.645. The maximum Gasteiger partial charge on any atom is 0.205 e. The van der Waals surface area contributed by atoms with Crippen molar-refractivity contribution < 1.29 is 0 Å². The average molecular weight is 262 g/mol. The van der Waals surface area contributed by atoms with E-state index < -0.39 is 0 Å². The molecule has 106 valence electrons. The van der Waals surface area contributed by atoms with E-state index >= 15 is 0 Å². The molecule has 2 unspecified atom stereocenters. The molecule has 0 aromatic carbocycles. The number of aromatic nitrogens is 2. The highest BCUT2D eigenvalue weighted by Crippen LogP contribution is 2.31. The Labute approximate surface area is 116 Å². The van der Waals surface area contributed by atoms with Gasteiger partial charge in [-0.05, 0) is 31.6 Å². The number of hydrogen-bond donors (Lipinski definition) is 1. The van der Waals surface area contributed by atoms with Crippen LogP contribution in [0.25, 0.3) is 0 Å². The van der Waals surface area contributed by atoms with E-state index in [0.29, 0.717) is 12.0 Å². The van der Waals surface area contributed by atoms with Crippen molar-refractivity contribution in [2.45, 2.75) is 64.2 Å². The molecule has 2 atom stereocenters. The highest BCUT2D eigenvalue weighted by atomic mass is 15.3. The molecule has 4 heteroatoms. The number of rotatable bonds is 4. The van der Waals surface area contributed by atoms with Gasteiger partial charge in [0.1, 0.15) is 0 Å². The van der Waals surface area contributed by atoms with Crippen LogP contribution in [0.2, 0.25) is 0 Å². The van der Waals surface area contributed by atoms with Gasteiger partial charge in [0, 0.05) is 44.1 Å². The minimum atomic E-state index is 0.645.